The van der Waals surface area contributed by atoms with Gasteiger partial charge in [0.15, 0.2) is 0 Å². The van der Waals surface area contributed by atoms with Crippen molar-refractivity contribution in [3.8, 4) is 0 Å². The van der Waals surface area contributed by atoms with E-state index in [0.717, 1.165) is 0 Å². The van der Waals surface area contributed by atoms with Gasteiger partial charge in [0.1, 0.15) is 0 Å². The summed E-state index contributed by atoms with van der Waals surface area (Å²) in [4.78, 5) is 121. The summed E-state index contributed by atoms with van der Waals surface area (Å²) in [5.74, 6) is -13.5. The van der Waals surface area contributed by atoms with Crippen LogP contribution < -0.4 is 61.3 Å². The van der Waals surface area contributed by atoms with E-state index in [1.165, 1.54) is 146 Å². The number of rotatable bonds is 12. The van der Waals surface area contributed by atoms with E-state index < -0.39 is 71.6 Å². The summed E-state index contributed by atoms with van der Waals surface area (Å²) >= 11 is 0. The maximum absolute atomic E-state index is 10.1. The Morgan fingerprint density at radius 1 is 0.0889 bits per heavy atom. The maximum Gasteiger partial charge on any atom is 4.00 e. The molecule has 0 aliphatic carbocycles. The van der Waals surface area contributed by atoms with Crippen LogP contribution in [-0.2, 0) is 65.2 Å². The topological polar surface area (TPSA) is 482 Å². The molecule has 0 bridgehead atoms. The Balaban J connectivity index is -0.00000138. The molecule has 27 heteroatoms. The third-order valence-electron chi connectivity index (χ3n) is 14.8. The summed E-state index contributed by atoms with van der Waals surface area (Å²) in [5.41, 5.74) is 2.64. The van der Waals surface area contributed by atoms with Crippen molar-refractivity contribution in [2.24, 2.45) is 0 Å². The minimum absolute atomic E-state index is 0. The fraction of sp³-hybridized carbons (Fsp3) is 0. The van der Waals surface area contributed by atoms with E-state index in [-0.39, 0.29) is 132 Å². The Morgan fingerprint density at radius 2 is 0.126 bits per heavy atom. The summed E-state index contributed by atoms with van der Waals surface area (Å²) in [6, 6.07) is 145. The molecule has 0 aliphatic heterocycles. The van der Waals surface area contributed by atoms with Crippen LogP contribution in [0.4, 0.5) is 0 Å². The Kier molecular flexibility index (Phi) is 74.2. The SMILES string of the molecule is O=C([O-])c1ccccc1.O=C([O-])c1ccccc1.O=C([O-])c1ccccc1.O=C([O-])c1ccccc1.O=C([O-])c1ccccc1.O=C([O-])c1ccccc1.O=C([O-])c1ccccc1.O=C([O-])c1ccccc1.O=C([O-])c1ccccc1.O=C([O-])c1ccccc1.O=C([O-])c1ccccc1.O=C([O-])c1ccccc1.[Ti+4].[Ti+4].[Ti+4].c1ccccc1.c1ccccc1.c1ccccc1.c1ccccc1. The van der Waals surface area contributed by atoms with Crippen LogP contribution in [-0.4, -0.2) is 71.6 Å². The van der Waals surface area contributed by atoms with Crippen molar-refractivity contribution >= 4 is 71.6 Å². The Bertz CT molecular complexity index is 4430. The molecule has 0 saturated carbocycles. The van der Waals surface area contributed by atoms with Gasteiger partial charge in [0, 0.05) is 0 Å². The first-order chi connectivity index (χ1) is 63.7. The van der Waals surface area contributed by atoms with Crippen molar-refractivity contribution in [3.63, 3.8) is 0 Å². The molecule has 0 aromatic heterocycles. The van der Waals surface area contributed by atoms with Crippen LogP contribution in [0.5, 0.6) is 0 Å². The molecule has 16 aromatic rings. The third kappa shape index (κ3) is 68.1. The quantitative estimate of drug-likeness (QED) is 0.108. The number of carbonyl (C=O) groups is 12. The fourth-order valence-electron chi connectivity index (χ4n) is 8.43. The second-order valence-corrected chi connectivity index (χ2v) is 24.5. The van der Waals surface area contributed by atoms with Gasteiger partial charge in [-0.1, -0.05) is 510 Å². The van der Waals surface area contributed by atoms with E-state index in [0.29, 0.717) is 0 Å². The van der Waals surface area contributed by atoms with Crippen LogP contribution in [0.3, 0.4) is 0 Å². The minimum Gasteiger partial charge on any atom is -0.545 e. The van der Waals surface area contributed by atoms with Crippen LogP contribution in [0.25, 0.3) is 0 Å². The predicted octanol–water partition coefficient (Wildman–Crippen LogP) is 7.34. The number of carbonyl (C=O) groups excluding carboxylic acids is 12. The first-order valence-electron chi connectivity index (χ1n) is 38.8. The number of carboxylic acids is 12. The van der Waals surface area contributed by atoms with Crippen LogP contribution in [0.1, 0.15) is 124 Å². The molecule has 0 N–H and O–H groups in total. The average Bonchev–Trinajstić information content (AvgIpc) is 1.01. The largest absolute Gasteiger partial charge is 4.00 e. The molecular formula is C108H84O24Ti3. The Hall–Kier alpha value is -16.7. The smallest absolute Gasteiger partial charge is 0.545 e. The number of aromatic carboxylic acids is 12. The van der Waals surface area contributed by atoms with Gasteiger partial charge in [-0.3, -0.25) is 0 Å². The van der Waals surface area contributed by atoms with Gasteiger partial charge >= 0.3 is 65.2 Å². The van der Waals surface area contributed by atoms with Crippen molar-refractivity contribution in [1.29, 1.82) is 0 Å². The second kappa shape index (κ2) is 81.8. The zero-order chi connectivity index (χ0) is 97.3. The van der Waals surface area contributed by atoms with Gasteiger partial charge in [-0.05, 0) is 66.8 Å². The van der Waals surface area contributed by atoms with Crippen molar-refractivity contribution in [1.82, 2.24) is 0 Å². The second-order valence-electron chi connectivity index (χ2n) is 24.5. The molecule has 0 atom stereocenters. The molecule has 0 unspecified atom stereocenters. The molecule has 24 nitrogen and oxygen atoms in total. The summed E-state index contributed by atoms with van der Waals surface area (Å²) < 4.78 is 0. The molecule has 0 fully saturated rings. The summed E-state index contributed by atoms with van der Waals surface area (Å²) in [7, 11) is 0. The summed E-state index contributed by atoms with van der Waals surface area (Å²) in [6.07, 6.45) is 0. The number of hydrogen-bond acceptors (Lipinski definition) is 24. The molecule has 16 rings (SSSR count). The molecule has 0 heterocycles. The van der Waals surface area contributed by atoms with Gasteiger partial charge in [0.05, 0.1) is 71.6 Å². The number of carboxylic acid groups (broad SMARTS) is 12. The normalized spacial score (nSPS) is 8.53. The zero-order valence-corrected chi connectivity index (χ0v) is 76.5. The maximum atomic E-state index is 10.1. The molecule has 16 aromatic carbocycles. The average molecular weight is 1910 g/mol. The van der Waals surface area contributed by atoms with Gasteiger partial charge in [0.2, 0.25) is 0 Å². The van der Waals surface area contributed by atoms with E-state index >= 15 is 0 Å². The first-order valence-corrected chi connectivity index (χ1v) is 38.8. The minimum atomic E-state index is -1.13. The Morgan fingerprint density at radius 3 is 0.156 bits per heavy atom. The van der Waals surface area contributed by atoms with Gasteiger partial charge in [-0.15, -0.1) is 0 Å². The van der Waals surface area contributed by atoms with E-state index in [2.05, 4.69) is 0 Å². The predicted molar refractivity (Wildman–Crippen MR) is 475 cm³/mol. The van der Waals surface area contributed by atoms with Crippen molar-refractivity contribution in [2.45, 2.75) is 0 Å². The van der Waals surface area contributed by atoms with Crippen LogP contribution in [0.15, 0.2) is 510 Å². The van der Waals surface area contributed by atoms with Gasteiger partial charge in [0.25, 0.3) is 0 Å². The zero-order valence-electron chi connectivity index (χ0n) is 71.8. The van der Waals surface area contributed by atoms with Crippen molar-refractivity contribution in [3.05, 3.63) is 576 Å². The molecule has 0 radical (unpaired) electrons. The molecular weight excluding hydrogens is 1820 g/mol. The third-order valence-corrected chi connectivity index (χ3v) is 14.8. The van der Waals surface area contributed by atoms with E-state index in [9.17, 15) is 119 Å². The molecule has 0 saturated heterocycles. The summed E-state index contributed by atoms with van der Waals surface area (Å²) in [5, 5.41) is 121. The first kappa shape index (κ1) is 122. The Labute approximate surface area is 825 Å². The van der Waals surface area contributed by atoms with E-state index in [4.69, 9.17) is 0 Å². The molecule has 0 amide bonds. The van der Waals surface area contributed by atoms with E-state index in [1.54, 1.807) is 218 Å². The number of hydrogen-bond donors (Lipinski definition) is 0. The number of benzene rings is 16. The molecule has 135 heavy (non-hydrogen) atoms. The fourth-order valence-corrected chi connectivity index (χ4v) is 8.43. The van der Waals surface area contributed by atoms with Gasteiger partial charge in [-0.2, -0.15) is 0 Å². The van der Waals surface area contributed by atoms with Crippen LogP contribution >= 0.6 is 0 Å². The van der Waals surface area contributed by atoms with Crippen LogP contribution in [0.2, 0.25) is 0 Å². The van der Waals surface area contributed by atoms with Gasteiger partial charge in [-0.25, -0.2) is 0 Å². The van der Waals surface area contributed by atoms with Crippen molar-refractivity contribution < 1.29 is 184 Å². The van der Waals surface area contributed by atoms with Crippen molar-refractivity contribution in [2.75, 3.05) is 0 Å². The van der Waals surface area contributed by atoms with Crippen LogP contribution in [0, 0.1) is 0 Å². The standard InChI is InChI=1S/12C7H6O2.4C6H6.3Ti/c12*8-7(9)6-4-2-1-3-5-6;4*1-2-4-6-5-3-1;;;/h12*1-5H,(H,8,9);4*1-6H;;;/q;;;;;;;;;;;;;;;;3*+4/p-12. The van der Waals surface area contributed by atoms with Gasteiger partial charge < -0.3 is 119 Å². The molecule has 672 valence electrons. The molecule has 0 spiro atoms. The summed E-state index contributed by atoms with van der Waals surface area (Å²) in [6.45, 7) is 0. The van der Waals surface area contributed by atoms with E-state index in [1.807, 2.05) is 146 Å². The monoisotopic (exact) mass is 1910 g/mol. The molecule has 0 aliphatic rings.